The van der Waals surface area contributed by atoms with Crippen molar-refractivity contribution in [2.45, 2.75) is 58.9 Å². The molecule has 1 heterocycles. The van der Waals surface area contributed by atoms with Crippen molar-refractivity contribution >= 4 is 5.91 Å². The lowest BCUT2D eigenvalue weighted by Crippen LogP contribution is -2.39. The van der Waals surface area contributed by atoms with Crippen molar-refractivity contribution in [3.05, 3.63) is 34.9 Å². The number of nitrogens with zero attached hydrogens (tertiary/aromatic N) is 1. The van der Waals surface area contributed by atoms with Crippen molar-refractivity contribution in [2.24, 2.45) is 0 Å². The molecule has 1 aliphatic heterocycles. The molecule has 22 heavy (non-hydrogen) atoms. The third kappa shape index (κ3) is 5.13. The van der Waals surface area contributed by atoms with Crippen LogP contribution in [0.5, 0.6) is 0 Å². The molecule has 1 amide bonds. The highest BCUT2D eigenvalue weighted by molar-refractivity contribution is 5.78. The Balaban J connectivity index is 1.85. The fourth-order valence-electron chi connectivity index (χ4n) is 3.08. The molecule has 0 unspecified atom stereocenters. The van der Waals surface area contributed by atoms with Crippen molar-refractivity contribution in [1.29, 1.82) is 0 Å². The molecule has 1 aliphatic rings. The number of hydrogen-bond acceptors (Lipinski definition) is 2. The van der Waals surface area contributed by atoms with Crippen LogP contribution in [0.15, 0.2) is 18.2 Å². The summed E-state index contributed by atoms with van der Waals surface area (Å²) in [6, 6.07) is 6.49. The molecule has 1 N–H and O–H groups in total. The molecule has 0 aliphatic carbocycles. The maximum absolute atomic E-state index is 12.3. The van der Waals surface area contributed by atoms with Crippen molar-refractivity contribution in [2.75, 3.05) is 19.6 Å². The Labute approximate surface area is 135 Å². The average molecular weight is 302 g/mol. The van der Waals surface area contributed by atoms with Crippen molar-refractivity contribution in [3.8, 4) is 0 Å². The highest BCUT2D eigenvalue weighted by Gasteiger charge is 2.15. The second kappa shape index (κ2) is 8.33. The predicted octanol–water partition coefficient (Wildman–Crippen LogP) is 3.75. The molecular weight excluding hydrogens is 272 g/mol. The third-order valence-electron chi connectivity index (χ3n) is 4.72. The highest BCUT2D eigenvalue weighted by atomic mass is 16.2. The number of carbonyl (C=O) groups is 1. The molecule has 1 aromatic carbocycles. The molecule has 122 valence electrons. The third-order valence-corrected chi connectivity index (χ3v) is 4.72. The fourth-order valence-corrected chi connectivity index (χ4v) is 3.08. The molecule has 0 saturated carbocycles. The first-order valence-electron chi connectivity index (χ1n) is 8.65. The molecule has 1 atom stereocenters. The van der Waals surface area contributed by atoms with Crippen LogP contribution in [0.2, 0.25) is 0 Å². The Morgan fingerprint density at radius 2 is 1.73 bits per heavy atom. The van der Waals surface area contributed by atoms with E-state index in [9.17, 15) is 4.79 Å². The summed E-state index contributed by atoms with van der Waals surface area (Å²) in [5.74, 6) is 0.145. The van der Waals surface area contributed by atoms with Gasteiger partial charge in [-0.2, -0.15) is 0 Å². The van der Waals surface area contributed by atoms with Crippen LogP contribution in [0.4, 0.5) is 0 Å². The van der Waals surface area contributed by atoms with Gasteiger partial charge in [-0.15, -0.1) is 0 Å². The van der Waals surface area contributed by atoms with Crippen LogP contribution in [0.25, 0.3) is 0 Å². The molecule has 2 rings (SSSR count). The average Bonchev–Trinajstić information content (AvgIpc) is 2.44. The summed E-state index contributed by atoms with van der Waals surface area (Å²) in [4.78, 5) is 14.6. The topological polar surface area (TPSA) is 32.3 Å². The van der Waals surface area contributed by atoms with E-state index in [4.69, 9.17) is 0 Å². The fraction of sp³-hybridized carbons (Fsp3) is 0.632. The number of likely N-dealkylation sites (tertiary alicyclic amines) is 1. The zero-order chi connectivity index (χ0) is 15.9. The first-order valence-corrected chi connectivity index (χ1v) is 8.65. The van der Waals surface area contributed by atoms with Gasteiger partial charge in [0.2, 0.25) is 5.91 Å². The van der Waals surface area contributed by atoms with Gasteiger partial charge in [0, 0.05) is 0 Å². The summed E-state index contributed by atoms with van der Waals surface area (Å²) in [6.07, 6.45) is 6.40. The Kier molecular flexibility index (Phi) is 6.44. The zero-order valence-corrected chi connectivity index (χ0v) is 14.3. The second-order valence-corrected chi connectivity index (χ2v) is 6.68. The maximum atomic E-state index is 12.3. The summed E-state index contributed by atoms with van der Waals surface area (Å²) in [7, 11) is 0. The normalized spacial score (nSPS) is 18.3. The minimum Gasteiger partial charge on any atom is -0.348 e. The largest absolute Gasteiger partial charge is 0.348 e. The molecule has 0 radical (unpaired) electrons. The maximum Gasteiger partial charge on any atom is 0.234 e. The van der Waals surface area contributed by atoms with Gasteiger partial charge < -0.3 is 5.32 Å². The summed E-state index contributed by atoms with van der Waals surface area (Å²) < 4.78 is 0. The summed E-state index contributed by atoms with van der Waals surface area (Å²) in [5.41, 5.74) is 3.76. The van der Waals surface area contributed by atoms with Crippen LogP contribution in [0, 0.1) is 13.8 Å². The number of aryl methyl sites for hydroxylation is 2. The van der Waals surface area contributed by atoms with Crippen LogP contribution in [-0.4, -0.2) is 30.4 Å². The van der Waals surface area contributed by atoms with E-state index in [0.29, 0.717) is 6.54 Å². The van der Waals surface area contributed by atoms with Crippen LogP contribution in [-0.2, 0) is 4.79 Å². The molecular formula is C19H30N2O. The Bertz CT molecular complexity index is 490. The Hall–Kier alpha value is -1.35. The molecule has 0 bridgehead atoms. The minimum absolute atomic E-state index is 0.0709. The number of rotatable bonds is 4. The first kappa shape index (κ1) is 17.0. The van der Waals surface area contributed by atoms with E-state index in [1.807, 2.05) is 0 Å². The van der Waals surface area contributed by atoms with Crippen molar-refractivity contribution < 1.29 is 4.79 Å². The van der Waals surface area contributed by atoms with Crippen LogP contribution in [0.1, 0.15) is 61.8 Å². The SMILES string of the molecule is Cc1ccc([C@H](C)NC(=O)CN2CCCCCCC2)cc1C. The summed E-state index contributed by atoms with van der Waals surface area (Å²) in [5, 5.41) is 3.15. The van der Waals surface area contributed by atoms with E-state index in [1.165, 1.54) is 48.8 Å². The first-order chi connectivity index (χ1) is 10.6. The van der Waals surface area contributed by atoms with E-state index in [0.717, 1.165) is 13.1 Å². The summed E-state index contributed by atoms with van der Waals surface area (Å²) in [6.45, 7) is 8.96. The summed E-state index contributed by atoms with van der Waals surface area (Å²) >= 11 is 0. The molecule has 1 fully saturated rings. The molecule has 0 aromatic heterocycles. The lowest BCUT2D eigenvalue weighted by atomic mass is 10.0. The van der Waals surface area contributed by atoms with Crippen LogP contribution < -0.4 is 5.32 Å². The van der Waals surface area contributed by atoms with Gasteiger partial charge in [0.25, 0.3) is 0 Å². The lowest BCUT2D eigenvalue weighted by Gasteiger charge is -2.25. The Morgan fingerprint density at radius 3 is 2.36 bits per heavy atom. The van der Waals surface area contributed by atoms with Gasteiger partial charge in [-0.1, -0.05) is 37.5 Å². The number of hydrogen-bond donors (Lipinski definition) is 1. The minimum atomic E-state index is 0.0709. The number of nitrogens with one attached hydrogen (secondary N) is 1. The molecule has 3 nitrogen and oxygen atoms in total. The van der Waals surface area contributed by atoms with Crippen molar-refractivity contribution in [1.82, 2.24) is 10.2 Å². The highest BCUT2D eigenvalue weighted by Crippen LogP contribution is 2.17. The van der Waals surface area contributed by atoms with Gasteiger partial charge >= 0.3 is 0 Å². The van der Waals surface area contributed by atoms with E-state index >= 15 is 0 Å². The zero-order valence-electron chi connectivity index (χ0n) is 14.3. The molecule has 1 saturated heterocycles. The van der Waals surface area contributed by atoms with Crippen molar-refractivity contribution in [3.63, 3.8) is 0 Å². The quantitative estimate of drug-likeness (QED) is 0.919. The van der Waals surface area contributed by atoms with E-state index in [-0.39, 0.29) is 11.9 Å². The molecule has 3 heteroatoms. The standard InChI is InChI=1S/C19H30N2O/c1-15-9-10-18(13-16(15)2)17(3)20-19(22)14-21-11-7-5-4-6-8-12-21/h9-10,13,17H,4-8,11-12,14H2,1-3H3,(H,20,22)/t17-/m0/s1. The molecule has 1 aromatic rings. The van der Waals surface area contributed by atoms with Gasteiger partial charge in [-0.3, -0.25) is 9.69 Å². The predicted molar refractivity (Wildman–Crippen MR) is 92.0 cm³/mol. The lowest BCUT2D eigenvalue weighted by molar-refractivity contribution is -0.123. The van der Waals surface area contributed by atoms with Gasteiger partial charge in [0.1, 0.15) is 0 Å². The molecule has 0 spiro atoms. The smallest absolute Gasteiger partial charge is 0.234 e. The van der Waals surface area contributed by atoms with Gasteiger partial charge in [0.05, 0.1) is 12.6 Å². The van der Waals surface area contributed by atoms with Gasteiger partial charge in [-0.25, -0.2) is 0 Å². The second-order valence-electron chi connectivity index (χ2n) is 6.68. The van der Waals surface area contributed by atoms with E-state index in [2.05, 4.69) is 49.2 Å². The van der Waals surface area contributed by atoms with Crippen LogP contribution >= 0.6 is 0 Å². The van der Waals surface area contributed by atoms with E-state index in [1.54, 1.807) is 0 Å². The van der Waals surface area contributed by atoms with Gasteiger partial charge in [-0.05, 0) is 63.4 Å². The van der Waals surface area contributed by atoms with E-state index < -0.39 is 0 Å². The Morgan fingerprint density at radius 1 is 1.09 bits per heavy atom. The number of benzene rings is 1. The number of carbonyl (C=O) groups excluding carboxylic acids is 1. The number of amides is 1. The monoisotopic (exact) mass is 302 g/mol. The van der Waals surface area contributed by atoms with Gasteiger partial charge in [0.15, 0.2) is 0 Å². The van der Waals surface area contributed by atoms with Crippen LogP contribution in [0.3, 0.4) is 0 Å².